The molecule has 2 aliphatic rings. The van der Waals surface area contributed by atoms with Crippen molar-refractivity contribution < 1.29 is 9.90 Å². The van der Waals surface area contributed by atoms with Crippen molar-refractivity contribution in [2.45, 2.75) is 38.8 Å². The first-order valence-electron chi connectivity index (χ1n) is 11.8. The van der Waals surface area contributed by atoms with Crippen LogP contribution in [0.1, 0.15) is 32.3 Å². The van der Waals surface area contributed by atoms with Gasteiger partial charge in [0.2, 0.25) is 0 Å². The number of nitrogens with one attached hydrogen (secondary N) is 1. The van der Waals surface area contributed by atoms with Gasteiger partial charge < -0.3 is 25.1 Å². The average molecular weight is 483 g/mol. The van der Waals surface area contributed by atoms with Gasteiger partial charge in [-0.25, -0.2) is 9.78 Å². The molecule has 3 heterocycles. The van der Waals surface area contributed by atoms with Gasteiger partial charge in [-0.05, 0) is 62.9 Å². The van der Waals surface area contributed by atoms with Crippen molar-refractivity contribution in [1.82, 2.24) is 9.88 Å². The number of amides is 2. The van der Waals surface area contributed by atoms with E-state index in [1.165, 1.54) is 0 Å². The summed E-state index contributed by atoms with van der Waals surface area (Å²) in [5, 5.41) is 21.9. The minimum absolute atomic E-state index is 0.00864. The zero-order valence-corrected chi connectivity index (χ0v) is 20.4. The van der Waals surface area contributed by atoms with E-state index in [0.29, 0.717) is 35.3 Å². The van der Waals surface area contributed by atoms with Gasteiger partial charge in [0.15, 0.2) is 0 Å². The Labute approximate surface area is 205 Å². The van der Waals surface area contributed by atoms with E-state index >= 15 is 0 Å². The second kappa shape index (κ2) is 10.5. The molecule has 1 aromatic heterocycles. The van der Waals surface area contributed by atoms with E-state index in [4.69, 9.17) is 16.9 Å². The standard InChI is InChI=1S/C25H31ClN6O2/c1-17-15-32(18(2)14-31(17)22-5-3-20(12-27)23(26)11-22)25(34)29-21-4-6-24(28-13-21)30-9-7-19(16-33)8-10-30/h3-6,11,13,17-19,33H,7-10,14-16H2,1-2H3,(H,29,34)/t17-,18+/m1/s1. The van der Waals surface area contributed by atoms with Crippen molar-refractivity contribution in [3.63, 3.8) is 0 Å². The number of carbonyl (C=O) groups is 1. The smallest absolute Gasteiger partial charge is 0.322 e. The Kier molecular flexibility index (Phi) is 7.44. The summed E-state index contributed by atoms with van der Waals surface area (Å²) in [5.74, 6) is 1.28. The Morgan fingerprint density at radius 1 is 1.21 bits per heavy atom. The number of anilines is 3. The SMILES string of the molecule is C[C@@H]1CN(C(=O)Nc2ccc(N3CCC(CO)CC3)nc2)[C@@H](C)CN1c1ccc(C#N)c(Cl)c1. The summed E-state index contributed by atoms with van der Waals surface area (Å²) in [4.78, 5) is 23.9. The molecule has 34 heavy (non-hydrogen) atoms. The van der Waals surface area contributed by atoms with Crippen LogP contribution in [0.15, 0.2) is 36.5 Å². The quantitative estimate of drug-likeness (QED) is 0.685. The number of nitriles is 1. The van der Waals surface area contributed by atoms with E-state index in [9.17, 15) is 9.90 Å². The van der Waals surface area contributed by atoms with Crippen LogP contribution >= 0.6 is 11.6 Å². The Balaban J connectivity index is 1.36. The van der Waals surface area contributed by atoms with Crippen LogP contribution < -0.4 is 15.1 Å². The van der Waals surface area contributed by atoms with Gasteiger partial charge in [-0.15, -0.1) is 0 Å². The van der Waals surface area contributed by atoms with Crippen molar-refractivity contribution in [3.8, 4) is 6.07 Å². The number of carbonyl (C=O) groups excluding carboxylic acids is 1. The maximum Gasteiger partial charge on any atom is 0.322 e. The van der Waals surface area contributed by atoms with Gasteiger partial charge in [0, 0.05) is 50.6 Å². The zero-order valence-electron chi connectivity index (χ0n) is 19.6. The van der Waals surface area contributed by atoms with Crippen LogP contribution in [0.3, 0.4) is 0 Å². The lowest BCUT2D eigenvalue weighted by molar-refractivity contribution is 0.173. The molecule has 180 valence electrons. The molecule has 2 fully saturated rings. The molecular weight excluding hydrogens is 452 g/mol. The van der Waals surface area contributed by atoms with Crippen LogP contribution in [0.4, 0.5) is 22.0 Å². The Morgan fingerprint density at radius 3 is 2.59 bits per heavy atom. The monoisotopic (exact) mass is 482 g/mol. The van der Waals surface area contributed by atoms with Crippen molar-refractivity contribution >= 4 is 34.8 Å². The van der Waals surface area contributed by atoms with E-state index in [-0.39, 0.29) is 24.7 Å². The summed E-state index contributed by atoms with van der Waals surface area (Å²) in [6.45, 7) is 7.35. The number of benzene rings is 1. The lowest BCUT2D eigenvalue weighted by atomic mass is 9.98. The summed E-state index contributed by atoms with van der Waals surface area (Å²) in [7, 11) is 0. The van der Waals surface area contributed by atoms with Crippen molar-refractivity contribution in [3.05, 3.63) is 47.1 Å². The molecule has 2 N–H and O–H groups in total. The number of aromatic nitrogens is 1. The van der Waals surface area contributed by atoms with Crippen LogP contribution in [-0.2, 0) is 0 Å². The van der Waals surface area contributed by atoms with Gasteiger partial charge in [0.1, 0.15) is 11.9 Å². The number of aliphatic hydroxyl groups is 1. The molecule has 0 bridgehead atoms. The van der Waals surface area contributed by atoms with E-state index in [0.717, 1.165) is 37.4 Å². The van der Waals surface area contributed by atoms with E-state index in [1.54, 1.807) is 12.3 Å². The number of hydrogen-bond acceptors (Lipinski definition) is 6. The van der Waals surface area contributed by atoms with Crippen LogP contribution in [0.25, 0.3) is 0 Å². The number of halogens is 1. The molecule has 8 nitrogen and oxygen atoms in total. The highest BCUT2D eigenvalue weighted by molar-refractivity contribution is 6.32. The van der Waals surface area contributed by atoms with Gasteiger partial charge in [-0.3, -0.25) is 0 Å². The highest BCUT2D eigenvalue weighted by Gasteiger charge is 2.32. The molecule has 0 aliphatic carbocycles. The largest absolute Gasteiger partial charge is 0.396 e. The highest BCUT2D eigenvalue weighted by atomic mass is 35.5. The lowest BCUT2D eigenvalue weighted by Gasteiger charge is -2.45. The van der Waals surface area contributed by atoms with Crippen LogP contribution in [0.2, 0.25) is 5.02 Å². The van der Waals surface area contributed by atoms with Crippen molar-refractivity contribution in [2.75, 3.05) is 47.9 Å². The Hall–Kier alpha value is -3.02. The summed E-state index contributed by atoms with van der Waals surface area (Å²) in [6.07, 6.45) is 3.63. The maximum atomic E-state index is 13.0. The third-order valence-electron chi connectivity index (χ3n) is 6.85. The van der Waals surface area contributed by atoms with Crippen LogP contribution in [0.5, 0.6) is 0 Å². The minimum atomic E-state index is -0.143. The number of nitrogens with zero attached hydrogens (tertiary/aromatic N) is 5. The molecule has 0 radical (unpaired) electrons. The topological polar surface area (TPSA) is 95.7 Å². The fourth-order valence-electron chi connectivity index (χ4n) is 4.73. The molecule has 2 aromatic rings. The fourth-order valence-corrected chi connectivity index (χ4v) is 4.95. The predicted octanol–water partition coefficient (Wildman–Crippen LogP) is 3.95. The molecule has 0 saturated carbocycles. The molecule has 2 amide bonds. The highest BCUT2D eigenvalue weighted by Crippen LogP contribution is 2.28. The lowest BCUT2D eigenvalue weighted by Crippen LogP contribution is -2.59. The first kappa shape index (κ1) is 24.1. The number of pyridine rings is 1. The van der Waals surface area contributed by atoms with E-state index in [1.807, 2.05) is 36.1 Å². The third kappa shape index (κ3) is 5.21. The average Bonchev–Trinajstić information content (AvgIpc) is 2.85. The number of aliphatic hydroxyl groups excluding tert-OH is 1. The molecule has 2 aliphatic heterocycles. The van der Waals surface area contributed by atoms with Gasteiger partial charge in [0.25, 0.3) is 0 Å². The second-order valence-corrected chi connectivity index (χ2v) is 9.63. The molecule has 4 rings (SSSR count). The zero-order chi connectivity index (χ0) is 24.2. The molecule has 0 spiro atoms. The van der Waals surface area contributed by atoms with Gasteiger partial charge >= 0.3 is 6.03 Å². The number of piperidine rings is 1. The molecule has 9 heteroatoms. The minimum Gasteiger partial charge on any atom is -0.396 e. The molecule has 2 saturated heterocycles. The first-order chi connectivity index (χ1) is 16.4. The Morgan fingerprint density at radius 2 is 1.97 bits per heavy atom. The molecule has 1 aromatic carbocycles. The van der Waals surface area contributed by atoms with Gasteiger partial charge in [-0.1, -0.05) is 11.6 Å². The van der Waals surface area contributed by atoms with Crippen LogP contribution in [0, 0.1) is 17.2 Å². The molecule has 2 atom stereocenters. The molecular formula is C25H31ClN6O2. The third-order valence-corrected chi connectivity index (χ3v) is 7.16. The normalized spacial score (nSPS) is 21.3. The Bertz CT molecular complexity index is 1050. The van der Waals surface area contributed by atoms with E-state index < -0.39 is 0 Å². The fraction of sp³-hybridized carbons (Fsp3) is 0.480. The number of urea groups is 1. The number of hydrogen-bond donors (Lipinski definition) is 2. The van der Waals surface area contributed by atoms with Gasteiger partial charge in [-0.2, -0.15) is 5.26 Å². The van der Waals surface area contributed by atoms with E-state index in [2.05, 4.69) is 33.1 Å². The first-order valence-corrected chi connectivity index (χ1v) is 12.1. The van der Waals surface area contributed by atoms with Gasteiger partial charge in [0.05, 0.1) is 22.5 Å². The second-order valence-electron chi connectivity index (χ2n) is 9.23. The number of rotatable bonds is 4. The predicted molar refractivity (Wildman–Crippen MR) is 134 cm³/mol. The summed E-state index contributed by atoms with van der Waals surface area (Å²) in [6, 6.07) is 11.3. The summed E-state index contributed by atoms with van der Waals surface area (Å²) >= 11 is 6.23. The summed E-state index contributed by atoms with van der Waals surface area (Å²) < 4.78 is 0. The molecule has 0 unspecified atom stereocenters. The summed E-state index contributed by atoms with van der Waals surface area (Å²) in [5.41, 5.74) is 2.07. The maximum absolute atomic E-state index is 13.0. The number of piperazine rings is 1. The van der Waals surface area contributed by atoms with Crippen molar-refractivity contribution in [1.29, 1.82) is 5.26 Å². The van der Waals surface area contributed by atoms with Crippen LogP contribution in [-0.4, -0.2) is 65.9 Å². The van der Waals surface area contributed by atoms with Crippen molar-refractivity contribution in [2.24, 2.45) is 5.92 Å².